The number of carboxylic acid groups (broad SMARTS) is 1. The van der Waals surface area contributed by atoms with Gasteiger partial charge in [-0.3, -0.25) is 4.79 Å². The van der Waals surface area contributed by atoms with E-state index in [1.165, 1.54) is 6.42 Å². The molecule has 4 atom stereocenters. The lowest BCUT2D eigenvalue weighted by atomic mass is 10.2. The minimum absolute atomic E-state index is 0.130. The van der Waals surface area contributed by atoms with Crippen LogP contribution in [0.1, 0.15) is 43.1 Å². The Morgan fingerprint density at radius 2 is 1.93 bits per heavy atom. The van der Waals surface area contributed by atoms with E-state index in [0.29, 0.717) is 5.92 Å². The maximum Gasteiger partial charge on any atom is 0.307 e. The summed E-state index contributed by atoms with van der Waals surface area (Å²) in [6.45, 7) is 2.21. The summed E-state index contributed by atoms with van der Waals surface area (Å²) in [5.41, 5.74) is 0. The second-order valence-electron chi connectivity index (χ2n) is 4.85. The number of hydrogen-bond donors (Lipinski definition) is 1. The van der Waals surface area contributed by atoms with Crippen molar-refractivity contribution in [1.29, 1.82) is 0 Å². The first-order valence-electron chi connectivity index (χ1n) is 5.49. The van der Waals surface area contributed by atoms with Gasteiger partial charge in [0.1, 0.15) is 11.5 Å². The Kier molecular flexibility index (Phi) is 1.73. The van der Waals surface area contributed by atoms with Crippen molar-refractivity contribution in [2.24, 2.45) is 11.8 Å². The van der Waals surface area contributed by atoms with Crippen LogP contribution in [0.4, 0.5) is 0 Å². The van der Waals surface area contributed by atoms with Gasteiger partial charge in [-0.15, -0.1) is 0 Å². The molecule has 1 aromatic rings. The Labute approximate surface area is 88.1 Å². The van der Waals surface area contributed by atoms with Crippen LogP contribution in [0.5, 0.6) is 0 Å². The highest BCUT2D eigenvalue weighted by Gasteiger charge is 2.47. The van der Waals surface area contributed by atoms with Crippen LogP contribution in [-0.4, -0.2) is 11.1 Å². The molecule has 2 saturated carbocycles. The topological polar surface area (TPSA) is 50.4 Å². The van der Waals surface area contributed by atoms with Crippen molar-refractivity contribution >= 4 is 5.97 Å². The molecule has 0 aliphatic heterocycles. The highest BCUT2D eigenvalue weighted by Crippen LogP contribution is 2.51. The van der Waals surface area contributed by atoms with Crippen LogP contribution in [0.25, 0.3) is 0 Å². The fourth-order valence-corrected chi connectivity index (χ4v) is 2.27. The smallest absolute Gasteiger partial charge is 0.307 e. The van der Waals surface area contributed by atoms with Crippen LogP contribution >= 0.6 is 0 Å². The summed E-state index contributed by atoms with van der Waals surface area (Å²) < 4.78 is 5.72. The third-order valence-corrected chi connectivity index (χ3v) is 3.60. The van der Waals surface area contributed by atoms with Gasteiger partial charge in [0.05, 0.1) is 5.92 Å². The molecule has 0 saturated heterocycles. The number of aliphatic carboxylic acids is 1. The van der Waals surface area contributed by atoms with E-state index in [4.69, 9.17) is 9.52 Å². The van der Waals surface area contributed by atoms with E-state index in [2.05, 4.69) is 6.92 Å². The molecule has 1 aromatic heterocycles. The molecule has 0 bridgehead atoms. The Bertz CT molecular complexity index is 407. The van der Waals surface area contributed by atoms with E-state index in [9.17, 15) is 4.79 Å². The molecule has 0 radical (unpaired) electrons. The van der Waals surface area contributed by atoms with E-state index in [1.807, 2.05) is 12.1 Å². The van der Waals surface area contributed by atoms with Gasteiger partial charge >= 0.3 is 5.97 Å². The Hall–Kier alpha value is -1.25. The molecule has 3 nitrogen and oxygen atoms in total. The van der Waals surface area contributed by atoms with Crippen molar-refractivity contribution < 1.29 is 14.3 Å². The van der Waals surface area contributed by atoms with Gasteiger partial charge in [0.2, 0.25) is 0 Å². The van der Waals surface area contributed by atoms with Crippen molar-refractivity contribution in [3.05, 3.63) is 23.7 Å². The Balaban J connectivity index is 1.72. The first kappa shape index (κ1) is 9.01. The molecule has 3 heteroatoms. The normalized spacial score (nSPS) is 37.7. The van der Waals surface area contributed by atoms with Crippen LogP contribution in [-0.2, 0) is 4.79 Å². The first-order valence-corrected chi connectivity index (χ1v) is 5.49. The van der Waals surface area contributed by atoms with Gasteiger partial charge in [-0.05, 0) is 30.9 Å². The summed E-state index contributed by atoms with van der Waals surface area (Å²) in [6, 6.07) is 3.97. The summed E-state index contributed by atoms with van der Waals surface area (Å²) in [5, 5.41) is 8.81. The molecule has 0 unspecified atom stereocenters. The van der Waals surface area contributed by atoms with Gasteiger partial charge in [0, 0.05) is 11.8 Å². The molecule has 1 N–H and O–H groups in total. The van der Waals surface area contributed by atoms with E-state index in [0.717, 1.165) is 23.9 Å². The second-order valence-corrected chi connectivity index (χ2v) is 4.85. The molecule has 15 heavy (non-hydrogen) atoms. The van der Waals surface area contributed by atoms with E-state index in [1.54, 1.807) is 0 Å². The van der Waals surface area contributed by atoms with Crippen LogP contribution in [0.15, 0.2) is 16.5 Å². The highest BCUT2D eigenvalue weighted by molar-refractivity contribution is 5.74. The summed E-state index contributed by atoms with van der Waals surface area (Å²) in [7, 11) is 0. The van der Waals surface area contributed by atoms with E-state index >= 15 is 0 Å². The molecule has 80 valence electrons. The molecule has 0 aromatic carbocycles. The lowest BCUT2D eigenvalue weighted by molar-refractivity contribution is -0.138. The molecule has 1 heterocycles. The van der Waals surface area contributed by atoms with Crippen molar-refractivity contribution in [3.63, 3.8) is 0 Å². The predicted octanol–water partition coefficient (Wildman–Crippen LogP) is 2.59. The minimum Gasteiger partial charge on any atom is -0.481 e. The monoisotopic (exact) mass is 206 g/mol. The molecular formula is C12H14O3. The summed E-state index contributed by atoms with van der Waals surface area (Å²) >= 11 is 0. The van der Waals surface area contributed by atoms with Gasteiger partial charge in [-0.25, -0.2) is 0 Å². The summed E-state index contributed by atoms with van der Waals surface area (Å²) in [5.74, 6) is 2.47. The maximum atomic E-state index is 10.7. The van der Waals surface area contributed by atoms with Crippen LogP contribution in [0.3, 0.4) is 0 Å². The van der Waals surface area contributed by atoms with Gasteiger partial charge < -0.3 is 9.52 Å². The predicted molar refractivity (Wildman–Crippen MR) is 53.7 cm³/mol. The first-order chi connectivity index (χ1) is 7.16. The van der Waals surface area contributed by atoms with Crippen LogP contribution in [0.2, 0.25) is 0 Å². The third-order valence-electron chi connectivity index (χ3n) is 3.60. The van der Waals surface area contributed by atoms with Crippen molar-refractivity contribution in [3.8, 4) is 0 Å². The standard InChI is InChI=1S/C12H14O3/c1-6-4-7(6)10-2-3-11(15-10)8-5-9(8)12(13)14/h2-3,6-9H,4-5H2,1H3,(H,13,14)/t6-,7+,8+,9-/m1/s1. The van der Waals surface area contributed by atoms with Gasteiger partial charge in [0.15, 0.2) is 0 Å². The number of carboxylic acids is 1. The van der Waals surface area contributed by atoms with E-state index in [-0.39, 0.29) is 11.8 Å². The number of furan rings is 1. The Morgan fingerprint density at radius 1 is 1.33 bits per heavy atom. The maximum absolute atomic E-state index is 10.7. The number of rotatable bonds is 3. The zero-order chi connectivity index (χ0) is 10.6. The number of hydrogen-bond acceptors (Lipinski definition) is 2. The third kappa shape index (κ3) is 1.46. The van der Waals surface area contributed by atoms with Crippen molar-refractivity contribution in [2.75, 3.05) is 0 Å². The van der Waals surface area contributed by atoms with Crippen LogP contribution < -0.4 is 0 Å². The fourth-order valence-electron chi connectivity index (χ4n) is 2.27. The second kappa shape index (κ2) is 2.87. The average Bonchev–Trinajstić information content (AvgIpc) is 3.07. The molecule has 0 spiro atoms. The molecule has 0 amide bonds. The molecule has 2 fully saturated rings. The highest BCUT2D eigenvalue weighted by atomic mass is 16.4. The van der Waals surface area contributed by atoms with Crippen molar-refractivity contribution in [2.45, 2.75) is 31.6 Å². The molecule has 3 rings (SSSR count). The zero-order valence-corrected chi connectivity index (χ0v) is 8.64. The fraction of sp³-hybridized carbons (Fsp3) is 0.583. The Morgan fingerprint density at radius 3 is 2.40 bits per heavy atom. The van der Waals surface area contributed by atoms with E-state index < -0.39 is 5.97 Å². The number of carbonyl (C=O) groups is 1. The molecule has 2 aliphatic rings. The summed E-state index contributed by atoms with van der Waals surface area (Å²) in [4.78, 5) is 10.7. The lowest BCUT2D eigenvalue weighted by Gasteiger charge is -1.93. The molecule has 2 aliphatic carbocycles. The van der Waals surface area contributed by atoms with Crippen molar-refractivity contribution in [1.82, 2.24) is 0 Å². The SMILES string of the molecule is C[C@@H]1C[C@@H]1c1ccc([C@H]2C[C@H]2C(=O)O)o1. The van der Waals surface area contributed by atoms with Crippen LogP contribution in [0, 0.1) is 11.8 Å². The zero-order valence-electron chi connectivity index (χ0n) is 8.64. The van der Waals surface area contributed by atoms with Gasteiger partial charge in [-0.2, -0.15) is 0 Å². The van der Waals surface area contributed by atoms with Gasteiger partial charge in [0.25, 0.3) is 0 Å². The largest absolute Gasteiger partial charge is 0.481 e. The van der Waals surface area contributed by atoms with Gasteiger partial charge in [-0.1, -0.05) is 6.92 Å². The quantitative estimate of drug-likeness (QED) is 0.826. The lowest BCUT2D eigenvalue weighted by Crippen LogP contribution is -1.98. The minimum atomic E-state index is -0.697. The summed E-state index contributed by atoms with van der Waals surface area (Å²) in [6.07, 6.45) is 1.95. The molecular weight excluding hydrogens is 192 g/mol. The average molecular weight is 206 g/mol.